The molecule has 28 heavy (non-hydrogen) atoms. The Labute approximate surface area is 185 Å². The fraction of sp³-hybridized carbons (Fsp3) is 0.700. The third kappa shape index (κ3) is 5.07. The highest BCUT2D eigenvalue weighted by Gasteiger charge is 2.41. The first-order valence-corrected chi connectivity index (χ1v) is 10.3. The Bertz CT molecular complexity index is 664. The smallest absolute Gasteiger partial charge is 0.191 e. The van der Waals surface area contributed by atoms with Crippen LogP contribution in [0.15, 0.2) is 23.3 Å². The van der Waals surface area contributed by atoms with Gasteiger partial charge in [-0.3, -0.25) is 0 Å². The van der Waals surface area contributed by atoms with Crippen molar-refractivity contribution in [2.24, 2.45) is 4.99 Å². The summed E-state index contributed by atoms with van der Waals surface area (Å²) in [6, 6.07) is 4.54. The molecule has 3 aliphatic heterocycles. The molecule has 1 aromatic rings. The number of hydrogen-bond donors (Lipinski definition) is 2. The zero-order chi connectivity index (χ0) is 18.6. The highest BCUT2D eigenvalue weighted by molar-refractivity contribution is 14.0. The minimum absolute atomic E-state index is 0. The summed E-state index contributed by atoms with van der Waals surface area (Å²) >= 11 is 0. The van der Waals surface area contributed by atoms with Crippen molar-refractivity contribution in [1.82, 2.24) is 20.5 Å². The van der Waals surface area contributed by atoms with E-state index in [4.69, 9.17) is 9.73 Å². The molecular formula is C20H33IN6O. The van der Waals surface area contributed by atoms with Gasteiger partial charge in [-0.15, -0.1) is 24.0 Å². The number of fused-ring (bicyclic) bond motifs is 2. The number of halogens is 1. The van der Waals surface area contributed by atoms with E-state index >= 15 is 0 Å². The van der Waals surface area contributed by atoms with Crippen LogP contribution >= 0.6 is 24.0 Å². The summed E-state index contributed by atoms with van der Waals surface area (Å²) in [5, 5.41) is 6.98. The van der Waals surface area contributed by atoms with Crippen molar-refractivity contribution in [2.75, 3.05) is 44.7 Å². The number of aromatic nitrogens is 1. The van der Waals surface area contributed by atoms with E-state index in [0.29, 0.717) is 24.8 Å². The summed E-state index contributed by atoms with van der Waals surface area (Å²) < 4.78 is 5.97. The number of ether oxygens (including phenoxy) is 1. The summed E-state index contributed by atoms with van der Waals surface area (Å²) in [5.41, 5.74) is 1.18. The molecule has 8 heteroatoms. The van der Waals surface area contributed by atoms with Crippen molar-refractivity contribution in [2.45, 2.75) is 51.0 Å². The summed E-state index contributed by atoms with van der Waals surface area (Å²) in [7, 11) is 2.18. The van der Waals surface area contributed by atoms with Crippen molar-refractivity contribution >= 4 is 35.8 Å². The van der Waals surface area contributed by atoms with Gasteiger partial charge in [-0.25, -0.2) is 9.98 Å². The molecular weight excluding hydrogens is 467 g/mol. The van der Waals surface area contributed by atoms with Gasteiger partial charge in [0.2, 0.25) is 0 Å². The predicted molar refractivity (Wildman–Crippen MR) is 124 cm³/mol. The maximum atomic E-state index is 5.97. The van der Waals surface area contributed by atoms with Crippen molar-refractivity contribution in [3.8, 4) is 0 Å². The second-order valence-electron chi connectivity index (χ2n) is 7.83. The van der Waals surface area contributed by atoms with Gasteiger partial charge < -0.3 is 25.2 Å². The highest BCUT2D eigenvalue weighted by Crippen LogP contribution is 2.34. The van der Waals surface area contributed by atoms with E-state index in [2.05, 4.69) is 45.5 Å². The van der Waals surface area contributed by atoms with E-state index in [0.717, 1.165) is 57.3 Å². The summed E-state index contributed by atoms with van der Waals surface area (Å²) in [6.07, 6.45) is 6.14. The Morgan fingerprint density at radius 1 is 1.29 bits per heavy atom. The van der Waals surface area contributed by atoms with E-state index in [9.17, 15) is 0 Å². The fourth-order valence-corrected chi connectivity index (χ4v) is 4.31. The van der Waals surface area contributed by atoms with Crippen molar-refractivity contribution in [1.29, 1.82) is 0 Å². The molecule has 3 fully saturated rings. The van der Waals surface area contributed by atoms with Crippen molar-refractivity contribution in [3.05, 3.63) is 23.9 Å². The largest absolute Gasteiger partial charge is 0.373 e. The molecule has 0 amide bonds. The van der Waals surface area contributed by atoms with E-state index in [1.807, 2.05) is 12.3 Å². The Morgan fingerprint density at radius 3 is 2.79 bits per heavy atom. The van der Waals surface area contributed by atoms with Gasteiger partial charge >= 0.3 is 0 Å². The lowest BCUT2D eigenvalue weighted by atomic mass is 9.96. The molecule has 3 aliphatic rings. The fourth-order valence-electron chi connectivity index (χ4n) is 4.31. The van der Waals surface area contributed by atoms with Gasteiger partial charge in [0.1, 0.15) is 5.82 Å². The van der Waals surface area contributed by atoms with Gasteiger partial charge in [0.05, 0.1) is 24.8 Å². The molecule has 3 saturated heterocycles. The summed E-state index contributed by atoms with van der Waals surface area (Å²) in [5.74, 6) is 1.96. The van der Waals surface area contributed by atoms with Crippen LogP contribution in [0.5, 0.6) is 0 Å². The molecule has 0 spiro atoms. The number of nitrogens with zero attached hydrogens (tertiary/aromatic N) is 4. The number of likely N-dealkylation sites (N-methyl/N-ethyl adjacent to an activating group) is 1. The first kappa shape index (κ1) is 21.6. The molecule has 2 bridgehead atoms. The number of guanidine groups is 1. The number of pyridine rings is 1. The molecule has 7 nitrogen and oxygen atoms in total. The first-order chi connectivity index (χ1) is 13.2. The molecule has 156 valence electrons. The maximum absolute atomic E-state index is 5.97. The Kier molecular flexibility index (Phi) is 7.76. The van der Waals surface area contributed by atoms with Gasteiger partial charge in [-0.2, -0.15) is 0 Å². The molecule has 0 aromatic carbocycles. The van der Waals surface area contributed by atoms with Gasteiger partial charge in [0.25, 0.3) is 0 Å². The number of aliphatic imine (C=N–C) groups is 1. The topological polar surface area (TPSA) is 65.0 Å². The zero-order valence-corrected chi connectivity index (χ0v) is 19.3. The van der Waals surface area contributed by atoms with Crippen molar-refractivity contribution in [3.63, 3.8) is 0 Å². The lowest BCUT2D eigenvalue weighted by Gasteiger charge is -2.34. The molecule has 0 saturated carbocycles. The second kappa shape index (κ2) is 10.1. The molecule has 4 heterocycles. The third-order valence-corrected chi connectivity index (χ3v) is 5.85. The molecule has 0 aliphatic carbocycles. The van der Waals surface area contributed by atoms with E-state index in [-0.39, 0.29) is 24.0 Å². The monoisotopic (exact) mass is 500 g/mol. The zero-order valence-electron chi connectivity index (χ0n) is 16.9. The van der Waals surface area contributed by atoms with Gasteiger partial charge in [-0.1, -0.05) is 6.07 Å². The van der Waals surface area contributed by atoms with Crippen molar-refractivity contribution < 1.29 is 4.74 Å². The van der Waals surface area contributed by atoms with Crippen LogP contribution in [-0.2, 0) is 11.3 Å². The average molecular weight is 500 g/mol. The maximum Gasteiger partial charge on any atom is 0.191 e. The quantitative estimate of drug-likeness (QED) is 0.366. The van der Waals surface area contributed by atoms with Crippen LogP contribution in [-0.4, -0.2) is 73.9 Å². The van der Waals surface area contributed by atoms with Crippen LogP contribution in [0.25, 0.3) is 0 Å². The van der Waals surface area contributed by atoms with E-state index in [1.165, 1.54) is 12.0 Å². The second-order valence-corrected chi connectivity index (χ2v) is 7.83. The molecule has 1 aromatic heterocycles. The standard InChI is InChI=1S/C20H32N6O.HI/c1-3-21-20(24-17-13-16-6-7-18(17)27-16)23-14-15-5-4-8-22-19(15)26-11-9-25(2)10-12-26;/h4-5,8,16-18H,3,6-7,9-14H2,1-2H3,(H2,21,23,24);1H. The lowest BCUT2D eigenvalue weighted by Crippen LogP contribution is -2.47. The lowest BCUT2D eigenvalue weighted by molar-refractivity contribution is 0.0992. The molecule has 3 atom stereocenters. The minimum atomic E-state index is 0. The summed E-state index contributed by atoms with van der Waals surface area (Å²) in [4.78, 5) is 14.3. The van der Waals surface area contributed by atoms with Crippen LogP contribution in [0.4, 0.5) is 5.82 Å². The molecule has 0 radical (unpaired) electrons. The number of piperazine rings is 1. The number of nitrogens with one attached hydrogen (secondary N) is 2. The van der Waals surface area contributed by atoms with Crippen LogP contribution in [0.3, 0.4) is 0 Å². The van der Waals surface area contributed by atoms with E-state index < -0.39 is 0 Å². The van der Waals surface area contributed by atoms with Gasteiger partial charge in [0, 0.05) is 44.5 Å². The number of rotatable bonds is 5. The normalized spacial score (nSPS) is 27.6. The molecule has 3 unspecified atom stereocenters. The van der Waals surface area contributed by atoms with Crippen LogP contribution in [0.1, 0.15) is 31.7 Å². The third-order valence-electron chi connectivity index (χ3n) is 5.85. The average Bonchev–Trinajstić information content (AvgIpc) is 3.30. The highest BCUT2D eigenvalue weighted by atomic mass is 127. The van der Waals surface area contributed by atoms with E-state index in [1.54, 1.807) is 0 Å². The SMILES string of the molecule is CCNC(=NCc1cccnc1N1CCN(C)CC1)NC1CC2CCC1O2.I. The molecule has 2 N–H and O–H groups in total. The van der Waals surface area contributed by atoms with Crippen LogP contribution in [0.2, 0.25) is 0 Å². The first-order valence-electron chi connectivity index (χ1n) is 10.3. The summed E-state index contributed by atoms with van der Waals surface area (Å²) in [6.45, 7) is 7.78. The number of anilines is 1. The van der Waals surface area contributed by atoms with Gasteiger partial charge in [0.15, 0.2) is 5.96 Å². The van der Waals surface area contributed by atoms with Crippen LogP contribution in [0, 0.1) is 0 Å². The Morgan fingerprint density at radius 2 is 2.11 bits per heavy atom. The predicted octanol–water partition coefficient (Wildman–Crippen LogP) is 1.83. The van der Waals surface area contributed by atoms with Crippen LogP contribution < -0.4 is 15.5 Å². The molecule has 4 rings (SSSR count). The number of hydrogen-bond acceptors (Lipinski definition) is 5. The Balaban J connectivity index is 0.00000225. The van der Waals surface area contributed by atoms with Gasteiger partial charge in [-0.05, 0) is 39.3 Å². The Hall–Kier alpha value is -1.13. The minimum Gasteiger partial charge on any atom is -0.373 e.